The van der Waals surface area contributed by atoms with Crippen molar-refractivity contribution >= 4 is 27.7 Å². The lowest BCUT2D eigenvalue weighted by Crippen LogP contribution is -2.32. The number of amides is 1. The van der Waals surface area contributed by atoms with Crippen LogP contribution >= 0.6 is 0 Å². The third kappa shape index (κ3) is 3.44. The molecule has 2 aliphatic heterocycles. The molecule has 8 nitrogen and oxygen atoms in total. The monoisotopic (exact) mass is 379 g/mol. The normalized spacial score (nSPS) is 26.4. The van der Waals surface area contributed by atoms with Crippen LogP contribution in [0.1, 0.15) is 25.8 Å². The van der Waals surface area contributed by atoms with Crippen LogP contribution < -0.4 is 4.72 Å². The molecule has 3 atom stereocenters. The van der Waals surface area contributed by atoms with Crippen molar-refractivity contribution in [2.75, 3.05) is 13.1 Å². The number of likely N-dealkylation sites (tertiary alicyclic amines) is 1. The van der Waals surface area contributed by atoms with Gasteiger partial charge in [-0.25, -0.2) is 8.42 Å². The first-order valence-electron chi connectivity index (χ1n) is 8.39. The van der Waals surface area contributed by atoms with Crippen LogP contribution in [0.25, 0.3) is 0 Å². The highest BCUT2D eigenvalue weighted by Gasteiger charge is 2.37. The molecule has 3 rings (SSSR count). The molecule has 2 heterocycles. The van der Waals surface area contributed by atoms with E-state index >= 15 is 0 Å². The van der Waals surface area contributed by atoms with Crippen LogP contribution in [0, 0.1) is 11.8 Å². The number of sulfonamides is 1. The van der Waals surface area contributed by atoms with Gasteiger partial charge in [0.05, 0.1) is 16.9 Å². The predicted octanol–water partition coefficient (Wildman–Crippen LogP) is 0.683. The number of benzene rings is 1. The Labute approximate surface area is 152 Å². The molecule has 0 aliphatic carbocycles. The van der Waals surface area contributed by atoms with E-state index in [0.29, 0.717) is 12.1 Å². The summed E-state index contributed by atoms with van der Waals surface area (Å²) in [6.07, 6.45) is 0.0897. The van der Waals surface area contributed by atoms with Gasteiger partial charge in [0.15, 0.2) is 0 Å². The van der Waals surface area contributed by atoms with E-state index in [-0.39, 0.29) is 35.5 Å². The molecule has 1 aromatic carbocycles. The lowest BCUT2D eigenvalue weighted by molar-refractivity contribution is -0.142. The van der Waals surface area contributed by atoms with Gasteiger partial charge in [0.2, 0.25) is 5.91 Å². The molecule has 1 fully saturated rings. The minimum Gasteiger partial charge on any atom is -0.481 e. The highest BCUT2D eigenvalue weighted by atomic mass is 32.2. The van der Waals surface area contributed by atoms with Crippen molar-refractivity contribution in [3.8, 4) is 0 Å². The van der Waals surface area contributed by atoms with Gasteiger partial charge in [-0.2, -0.15) is 0 Å². The van der Waals surface area contributed by atoms with Gasteiger partial charge in [-0.05, 0) is 25.0 Å². The van der Waals surface area contributed by atoms with E-state index < -0.39 is 28.0 Å². The molecule has 0 spiro atoms. The van der Waals surface area contributed by atoms with E-state index in [1.807, 2.05) is 6.92 Å². The lowest BCUT2D eigenvalue weighted by atomic mass is 9.99. The van der Waals surface area contributed by atoms with Crippen molar-refractivity contribution in [1.82, 2.24) is 9.62 Å². The van der Waals surface area contributed by atoms with Crippen LogP contribution in [0.3, 0.4) is 0 Å². The topological polar surface area (TPSA) is 116 Å². The zero-order valence-corrected chi connectivity index (χ0v) is 15.4. The molecule has 2 aliphatic rings. The molecule has 0 saturated carbocycles. The summed E-state index contributed by atoms with van der Waals surface area (Å²) in [4.78, 5) is 29.7. The number of nitrogens with one attached hydrogen (secondary N) is 1. The fraction of sp³-hybridized carbons (Fsp3) is 0.471. The molecule has 9 heteroatoms. The summed E-state index contributed by atoms with van der Waals surface area (Å²) >= 11 is 0. The molecular weight excluding hydrogens is 358 g/mol. The number of rotatable bonds is 4. The third-order valence-electron chi connectivity index (χ3n) is 4.76. The Kier molecular flexibility index (Phi) is 4.74. The zero-order chi connectivity index (χ0) is 19.1. The second-order valence-corrected chi connectivity index (χ2v) is 8.50. The fourth-order valence-corrected chi connectivity index (χ4v) is 4.61. The van der Waals surface area contributed by atoms with Crippen LogP contribution in [-0.2, 0) is 19.6 Å². The lowest BCUT2D eigenvalue weighted by Gasteiger charge is -2.17. The van der Waals surface area contributed by atoms with Crippen LogP contribution in [0.4, 0.5) is 0 Å². The molecule has 2 N–H and O–H groups in total. The average Bonchev–Trinajstić information content (AvgIpc) is 3.06. The predicted molar refractivity (Wildman–Crippen MR) is 94.2 cm³/mol. The Morgan fingerprint density at radius 3 is 2.69 bits per heavy atom. The van der Waals surface area contributed by atoms with Crippen molar-refractivity contribution in [1.29, 1.82) is 0 Å². The first-order chi connectivity index (χ1) is 12.2. The summed E-state index contributed by atoms with van der Waals surface area (Å²) in [6.45, 7) is 4.16. The maximum atomic E-state index is 12.4. The van der Waals surface area contributed by atoms with Gasteiger partial charge in [-0.15, -0.1) is 0 Å². The zero-order valence-electron chi connectivity index (χ0n) is 14.5. The summed E-state index contributed by atoms with van der Waals surface area (Å²) in [5.74, 6) is -1.47. The molecule has 0 radical (unpaired) electrons. The summed E-state index contributed by atoms with van der Waals surface area (Å²) in [5.41, 5.74) is 0.493. The Morgan fingerprint density at radius 2 is 2.04 bits per heavy atom. The number of amidine groups is 1. The number of aliphatic imine (C=N–C) groups is 1. The number of fused-ring (bicyclic) bond motifs is 1. The van der Waals surface area contributed by atoms with Gasteiger partial charge in [-0.1, -0.05) is 19.1 Å². The Hall–Kier alpha value is -2.42. The molecular formula is C17H21N3O5S. The van der Waals surface area contributed by atoms with Gasteiger partial charge in [0.1, 0.15) is 5.84 Å². The Balaban J connectivity index is 1.70. The van der Waals surface area contributed by atoms with Gasteiger partial charge in [0, 0.05) is 25.1 Å². The summed E-state index contributed by atoms with van der Waals surface area (Å²) in [7, 11) is -3.61. The maximum absolute atomic E-state index is 12.4. The fourth-order valence-electron chi connectivity index (χ4n) is 3.37. The van der Waals surface area contributed by atoms with E-state index in [4.69, 9.17) is 0 Å². The van der Waals surface area contributed by atoms with Crippen LogP contribution in [0.2, 0.25) is 0 Å². The van der Waals surface area contributed by atoms with Gasteiger partial charge < -0.3 is 10.0 Å². The first kappa shape index (κ1) is 18.4. The Bertz CT molecular complexity index is 880. The summed E-state index contributed by atoms with van der Waals surface area (Å²) in [5, 5.41) is 9.17. The van der Waals surface area contributed by atoms with Crippen molar-refractivity contribution in [3.05, 3.63) is 29.8 Å². The highest BCUT2D eigenvalue weighted by molar-refractivity contribution is 7.90. The van der Waals surface area contributed by atoms with Crippen LogP contribution in [-0.4, -0.2) is 55.3 Å². The number of hydrogen-bond acceptors (Lipinski definition) is 5. The molecule has 0 bridgehead atoms. The average molecular weight is 379 g/mol. The van der Waals surface area contributed by atoms with Gasteiger partial charge in [0.25, 0.3) is 10.0 Å². The number of hydrogen-bond donors (Lipinski definition) is 2. The molecule has 1 unspecified atom stereocenters. The molecule has 26 heavy (non-hydrogen) atoms. The minimum atomic E-state index is -3.61. The molecule has 140 valence electrons. The molecule has 0 aromatic heterocycles. The van der Waals surface area contributed by atoms with E-state index in [9.17, 15) is 23.1 Å². The van der Waals surface area contributed by atoms with Gasteiger partial charge in [-0.3, -0.25) is 19.3 Å². The van der Waals surface area contributed by atoms with Gasteiger partial charge >= 0.3 is 5.97 Å². The standard InChI is InChI=1S/C17H21N3O5S/c1-10-8-20(9-13(10)17(22)23)15(21)7-11(2)18-16-12-5-3-4-6-14(12)26(24,25)19-16/h3-6,10-11,13H,7-9H2,1-2H3,(H,18,19)(H,22,23)/t10-,11?,13-/m1/s1. The molecule has 1 aromatic rings. The van der Waals surface area contributed by atoms with E-state index in [1.165, 1.54) is 6.07 Å². The largest absolute Gasteiger partial charge is 0.481 e. The number of carboxylic acids is 1. The second-order valence-electron chi connectivity index (χ2n) is 6.85. The third-order valence-corrected chi connectivity index (χ3v) is 6.16. The summed E-state index contributed by atoms with van der Waals surface area (Å²) in [6, 6.07) is 6.10. The second kappa shape index (κ2) is 6.71. The van der Waals surface area contributed by atoms with Crippen LogP contribution in [0.15, 0.2) is 34.2 Å². The molecule has 1 saturated heterocycles. The van der Waals surface area contributed by atoms with Crippen molar-refractivity contribution in [2.45, 2.75) is 31.2 Å². The number of carbonyl (C=O) groups excluding carboxylic acids is 1. The van der Waals surface area contributed by atoms with E-state index in [0.717, 1.165) is 0 Å². The number of nitrogens with zero attached hydrogens (tertiary/aromatic N) is 2. The van der Waals surface area contributed by atoms with E-state index in [1.54, 1.807) is 30.0 Å². The minimum absolute atomic E-state index is 0.0897. The SMILES string of the molecule is CC(CC(=O)N1C[C@@H](C)[C@H](C(=O)O)C1)N=C1NS(=O)(=O)c2ccccc21. The number of carbonyl (C=O) groups is 2. The quantitative estimate of drug-likeness (QED) is 0.798. The Morgan fingerprint density at radius 1 is 1.35 bits per heavy atom. The molecule has 1 amide bonds. The van der Waals surface area contributed by atoms with Crippen molar-refractivity contribution in [3.63, 3.8) is 0 Å². The smallest absolute Gasteiger partial charge is 0.308 e. The summed E-state index contributed by atoms with van der Waals surface area (Å²) < 4.78 is 26.6. The van der Waals surface area contributed by atoms with Crippen LogP contribution in [0.5, 0.6) is 0 Å². The highest BCUT2D eigenvalue weighted by Crippen LogP contribution is 2.25. The maximum Gasteiger partial charge on any atom is 0.308 e. The number of aliphatic carboxylic acids is 1. The number of carboxylic acid groups (broad SMARTS) is 1. The first-order valence-corrected chi connectivity index (χ1v) is 9.88. The van der Waals surface area contributed by atoms with Crippen molar-refractivity contribution < 1.29 is 23.1 Å². The van der Waals surface area contributed by atoms with E-state index in [2.05, 4.69) is 9.71 Å². The van der Waals surface area contributed by atoms with Crippen molar-refractivity contribution in [2.24, 2.45) is 16.8 Å².